The number of nitrogens with zero attached hydrogens (tertiary/aromatic N) is 4. The molecule has 0 radical (unpaired) electrons. The fourth-order valence-electron chi connectivity index (χ4n) is 4.33. The second-order valence-electron chi connectivity index (χ2n) is 8.19. The van der Waals surface area contributed by atoms with Gasteiger partial charge in [0, 0.05) is 37.3 Å². The molecule has 6 heteroatoms. The van der Waals surface area contributed by atoms with Crippen LogP contribution in [0, 0.1) is 13.8 Å². The van der Waals surface area contributed by atoms with E-state index in [4.69, 9.17) is 10.5 Å². The number of aromatic nitrogens is 2. The van der Waals surface area contributed by atoms with Gasteiger partial charge in [0.25, 0.3) is 0 Å². The molecule has 2 N–H and O–H groups in total. The quantitative estimate of drug-likeness (QED) is 0.499. The number of rotatable bonds is 4. The van der Waals surface area contributed by atoms with Gasteiger partial charge in [-0.1, -0.05) is 48.5 Å². The maximum absolute atomic E-state index is 6.49. The van der Waals surface area contributed by atoms with Crippen molar-refractivity contribution in [3.05, 3.63) is 78.1 Å². The Morgan fingerprint density at radius 1 is 0.812 bits per heavy atom. The molecule has 5 rings (SSSR count). The van der Waals surface area contributed by atoms with Gasteiger partial charge in [-0.15, -0.1) is 0 Å². The zero-order valence-corrected chi connectivity index (χ0v) is 18.5. The number of fused-ring (bicyclic) bond motifs is 1. The van der Waals surface area contributed by atoms with Gasteiger partial charge >= 0.3 is 0 Å². The van der Waals surface area contributed by atoms with Crippen molar-refractivity contribution in [2.45, 2.75) is 13.8 Å². The zero-order valence-electron chi connectivity index (χ0n) is 18.5. The van der Waals surface area contributed by atoms with Crippen LogP contribution in [-0.4, -0.2) is 36.1 Å². The minimum atomic E-state index is 0.392. The van der Waals surface area contributed by atoms with Gasteiger partial charge in [-0.25, -0.2) is 4.98 Å². The van der Waals surface area contributed by atoms with E-state index >= 15 is 0 Å². The molecule has 1 aromatic heterocycles. The van der Waals surface area contributed by atoms with Gasteiger partial charge < -0.3 is 20.3 Å². The third-order valence-electron chi connectivity index (χ3n) is 6.28. The van der Waals surface area contributed by atoms with E-state index in [2.05, 4.69) is 63.9 Å². The monoisotopic (exact) mass is 425 g/mol. The van der Waals surface area contributed by atoms with Gasteiger partial charge in [0.05, 0.1) is 0 Å². The summed E-state index contributed by atoms with van der Waals surface area (Å²) in [4.78, 5) is 13.5. The summed E-state index contributed by atoms with van der Waals surface area (Å²) in [6.07, 6.45) is 1.53. The lowest BCUT2D eigenvalue weighted by atomic mass is 10.1. The largest absolute Gasteiger partial charge is 0.436 e. The molecule has 0 saturated carbocycles. The van der Waals surface area contributed by atoms with Crippen molar-refractivity contribution >= 4 is 28.0 Å². The van der Waals surface area contributed by atoms with E-state index in [9.17, 15) is 0 Å². The predicted octanol–water partition coefficient (Wildman–Crippen LogP) is 4.95. The molecule has 2 heterocycles. The van der Waals surface area contributed by atoms with Crippen LogP contribution in [0.3, 0.4) is 0 Å². The molecule has 162 valence electrons. The highest BCUT2D eigenvalue weighted by atomic mass is 16.5. The Labute approximate surface area is 188 Å². The summed E-state index contributed by atoms with van der Waals surface area (Å²) < 4.78 is 6.16. The van der Waals surface area contributed by atoms with Crippen molar-refractivity contribution < 1.29 is 4.74 Å². The Bertz CT molecular complexity index is 1260. The average Bonchev–Trinajstić information content (AvgIpc) is 2.83. The van der Waals surface area contributed by atoms with E-state index in [1.165, 1.54) is 23.1 Å². The lowest BCUT2D eigenvalue weighted by molar-refractivity contribution is 0.469. The molecular formula is C26H27N5O. The molecule has 1 aliphatic heterocycles. The van der Waals surface area contributed by atoms with Crippen molar-refractivity contribution in [3.63, 3.8) is 0 Å². The van der Waals surface area contributed by atoms with Gasteiger partial charge in [-0.05, 0) is 42.5 Å². The first-order valence-electron chi connectivity index (χ1n) is 10.9. The molecular weight excluding hydrogens is 398 g/mol. The van der Waals surface area contributed by atoms with Crippen molar-refractivity contribution in [2.24, 2.45) is 0 Å². The zero-order chi connectivity index (χ0) is 22.1. The molecule has 6 nitrogen and oxygen atoms in total. The fraction of sp³-hybridized carbons (Fsp3) is 0.231. The number of piperazine rings is 1. The molecule has 3 aromatic carbocycles. The maximum atomic E-state index is 6.49. The van der Waals surface area contributed by atoms with Gasteiger partial charge in [0.2, 0.25) is 5.88 Å². The van der Waals surface area contributed by atoms with E-state index in [0.29, 0.717) is 11.6 Å². The number of anilines is 3. The molecule has 1 aliphatic rings. The van der Waals surface area contributed by atoms with E-state index in [-0.39, 0.29) is 0 Å². The van der Waals surface area contributed by atoms with Crippen LogP contribution in [0.1, 0.15) is 11.1 Å². The van der Waals surface area contributed by atoms with Crippen LogP contribution in [0.15, 0.2) is 67.0 Å². The Morgan fingerprint density at radius 3 is 2.38 bits per heavy atom. The van der Waals surface area contributed by atoms with Crippen LogP contribution in [0.5, 0.6) is 11.6 Å². The first-order chi connectivity index (χ1) is 15.6. The topological polar surface area (TPSA) is 67.5 Å². The van der Waals surface area contributed by atoms with E-state index in [1.807, 2.05) is 30.3 Å². The summed E-state index contributed by atoms with van der Waals surface area (Å²) in [5.74, 6) is 1.86. The third-order valence-corrected chi connectivity index (χ3v) is 6.28. The normalized spacial score (nSPS) is 14.1. The van der Waals surface area contributed by atoms with Crippen LogP contribution in [0.2, 0.25) is 0 Å². The number of nitrogen functional groups attached to an aromatic ring is 1. The molecule has 0 atom stereocenters. The third kappa shape index (κ3) is 3.68. The van der Waals surface area contributed by atoms with Crippen LogP contribution in [0.4, 0.5) is 17.2 Å². The summed E-state index contributed by atoms with van der Waals surface area (Å²) in [6, 6.07) is 20.6. The van der Waals surface area contributed by atoms with Crippen LogP contribution >= 0.6 is 0 Å². The minimum Gasteiger partial charge on any atom is -0.436 e. The van der Waals surface area contributed by atoms with Crippen LogP contribution in [-0.2, 0) is 0 Å². The molecule has 1 saturated heterocycles. The number of hydrogen-bond donors (Lipinski definition) is 1. The standard InChI is InChI=1S/C26H27N5O/c1-18-7-5-11-22(19(18)2)30-13-15-31(16-14-30)25-24(27)26(29-17-28-25)32-23-12-6-9-20-8-3-4-10-21(20)23/h3-12,17H,13-16,27H2,1-2H3. The Balaban J connectivity index is 1.36. The van der Waals surface area contributed by atoms with E-state index in [1.54, 1.807) is 0 Å². The number of hydrogen-bond acceptors (Lipinski definition) is 6. The minimum absolute atomic E-state index is 0.392. The van der Waals surface area contributed by atoms with Crippen molar-refractivity contribution in [3.8, 4) is 11.6 Å². The Hall–Kier alpha value is -3.80. The second-order valence-corrected chi connectivity index (χ2v) is 8.19. The number of nitrogens with two attached hydrogens (primary N) is 1. The van der Waals surface area contributed by atoms with Crippen LogP contribution < -0.4 is 20.3 Å². The Kier molecular flexibility index (Phi) is 5.27. The predicted molar refractivity (Wildman–Crippen MR) is 131 cm³/mol. The lowest BCUT2D eigenvalue weighted by Gasteiger charge is -2.38. The summed E-state index contributed by atoms with van der Waals surface area (Å²) in [5.41, 5.74) is 10.9. The van der Waals surface area contributed by atoms with Crippen molar-refractivity contribution in [1.29, 1.82) is 0 Å². The van der Waals surface area contributed by atoms with Gasteiger partial charge in [-0.2, -0.15) is 4.98 Å². The highest BCUT2D eigenvalue weighted by Gasteiger charge is 2.23. The van der Waals surface area contributed by atoms with E-state index < -0.39 is 0 Å². The molecule has 0 unspecified atom stereocenters. The highest BCUT2D eigenvalue weighted by molar-refractivity contribution is 5.88. The molecule has 0 bridgehead atoms. The first-order valence-corrected chi connectivity index (χ1v) is 10.9. The summed E-state index contributed by atoms with van der Waals surface area (Å²) in [6.45, 7) is 7.84. The van der Waals surface area contributed by atoms with Gasteiger partial charge in [0.15, 0.2) is 5.82 Å². The lowest BCUT2D eigenvalue weighted by Crippen LogP contribution is -2.47. The molecule has 1 fully saturated rings. The molecule has 32 heavy (non-hydrogen) atoms. The summed E-state index contributed by atoms with van der Waals surface area (Å²) in [5, 5.41) is 2.14. The SMILES string of the molecule is Cc1cccc(N2CCN(c3ncnc(Oc4cccc5ccccc45)c3N)CC2)c1C. The molecule has 0 aliphatic carbocycles. The summed E-state index contributed by atoms with van der Waals surface area (Å²) in [7, 11) is 0. The fourth-order valence-corrected chi connectivity index (χ4v) is 4.33. The highest BCUT2D eigenvalue weighted by Crippen LogP contribution is 2.35. The number of ether oxygens (including phenoxy) is 1. The first kappa shape index (κ1) is 20.1. The van der Waals surface area contributed by atoms with Gasteiger partial charge in [-0.3, -0.25) is 0 Å². The average molecular weight is 426 g/mol. The molecule has 0 amide bonds. The Morgan fingerprint density at radius 2 is 1.53 bits per heavy atom. The van der Waals surface area contributed by atoms with E-state index in [0.717, 1.165) is 48.5 Å². The smallest absolute Gasteiger partial charge is 0.248 e. The maximum Gasteiger partial charge on any atom is 0.248 e. The van der Waals surface area contributed by atoms with Crippen molar-refractivity contribution in [2.75, 3.05) is 41.7 Å². The second kappa shape index (κ2) is 8.38. The van der Waals surface area contributed by atoms with Crippen molar-refractivity contribution in [1.82, 2.24) is 9.97 Å². The number of benzene rings is 3. The molecule has 4 aromatic rings. The van der Waals surface area contributed by atoms with Gasteiger partial charge in [0.1, 0.15) is 17.8 Å². The summed E-state index contributed by atoms with van der Waals surface area (Å²) >= 11 is 0. The number of aryl methyl sites for hydroxylation is 1. The molecule has 0 spiro atoms. The van der Waals surface area contributed by atoms with Crippen LogP contribution in [0.25, 0.3) is 10.8 Å².